The van der Waals surface area contributed by atoms with E-state index < -0.39 is 5.97 Å². The first-order valence-electron chi connectivity index (χ1n) is 6.37. The van der Waals surface area contributed by atoms with Crippen LogP contribution in [-0.2, 0) is 4.79 Å². The van der Waals surface area contributed by atoms with Crippen LogP contribution in [0.5, 0.6) is 0 Å². The predicted molar refractivity (Wildman–Crippen MR) is 77.1 cm³/mol. The highest BCUT2D eigenvalue weighted by atomic mass is 79.9. The number of carbonyl (C=O) groups is 1. The van der Waals surface area contributed by atoms with Gasteiger partial charge in [0, 0.05) is 9.35 Å². The molecule has 2 heterocycles. The van der Waals surface area contributed by atoms with E-state index in [1.807, 2.05) is 11.4 Å². The first kappa shape index (κ1) is 14.0. The second-order valence-corrected chi connectivity index (χ2v) is 6.50. The third-order valence-corrected chi connectivity index (χ3v) is 5.37. The molecule has 1 aliphatic rings. The molecule has 1 saturated heterocycles. The van der Waals surface area contributed by atoms with Crippen molar-refractivity contribution in [2.45, 2.75) is 38.1 Å². The van der Waals surface area contributed by atoms with E-state index in [4.69, 9.17) is 5.11 Å². The lowest BCUT2D eigenvalue weighted by molar-refractivity contribution is -0.138. The molecule has 0 aromatic carbocycles. The molecule has 0 saturated carbocycles. The van der Waals surface area contributed by atoms with Gasteiger partial charge in [-0.15, -0.1) is 11.3 Å². The van der Waals surface area contributed by atoms with Gasteiger partial charge in [0.25, 0.3) is 0 Å². The van der Waals surface area contributed by atoms with Gasteiger partial charge in [0.1, 0.15) is 0 Å². The standard InChI is InChI=1S/C13H18BrNO2S/c14-10-5-8-18-13(10)11(9-12(16)17)15-6-3-1-2-4-7-15/h5,8,11H,1-4,6-7,9H2,(H,16,17). The third-order valence-electron chi connectivity index (χ3n) is 3.40. The molecule has 1 aromatic rings. The van der Waals surface area contributed by atoms with Gasteiger partial charge < -0.3 is 5.11 Å². The van der Waals surface area contributed by atoms with E-state index in [1.54, 1.807) is 11.3 Å². The fourth-order valence-corrected chi connectivity index (χ4v) is 4.28. The van der Waals surface area contributed by atoms with Gasteiger partial charge in [-0.3, -0.25) is 9.69 Å². The van der Waals surface area contributed by atoms with Gasteiger partial charge >= 0.3 is 5.97 Å². The zero-order valence-electron chi connectivity index (χ0n) is 10.3. The Kier molecular flexibility index (Phi) is 5.21. The molecule has 0 radical (unpaired) electrons. The maximum atomic E-state index is 11.1. The van der Waals surface area contributed by atoms with E-state index in [0.29, 0.717) is 0 Å². The molecule has 3 nitrogen and oxygen atoms in total. The Morgan fingerprint density at radius 3 is 2.56 bits per heavy atom. The lowest BCUT2D eigenvalue weighted by Gasteiger charge is -2.29. The fraction of sp³-hybridized carbons (Fsp3) is 0.615. The maximum Gasteiger partial charge on any atom is 0.305 e. The van der Waals surface area contributed by atoms with Crippen molar-refractivity contribution in [2.24, 2.45) is 0 Å². The molecule has 1 aromatic heterocycles. The van der Waals surface area contributed by atoms with E-state index >= 15 is 0 Å². The van der Waals surface area contributed by atoms with Crippen molar-refractivity contribution in [3.63, 3.8) is 0 Å². The van der Waals surface area contributed by atoms with E-state index in [-0.39, 0.29) is 12.5 Å². The molecule has 0 amide bonds. The Morgan fingerprint density at radius 1 is 1.39 bits per heavy atom. The molecular weight excluding hydrogens is 314 g/mol. The number of carboxylic acid groups (broad SMARTS) is 1. The highest BCUT2D eigenvalue weighted by molar-refractivity contribution is 9.10. The smallest absolute Gasteiger partial charge is 0.305 e. The van der Waals surface area contributed by atoms with Crippen LogP contribution in [0.4, 0.5) is 0 Å². The zero-order chi connectivity index (χ0) is 13.0. The van der Waals surface area contributed by atoms with Crippen molar-refractivity contribution >= 4 is 33.2 Å². The molecule has 0 bridgehead atoms. The summed E-state index contributed by atoms with van der Waals surface area (Å²) >= 11 is 5.18. The van der Waals surface area contributed by atoms with Crippen molar-refractivity contribution in [2.75, 3.05) is 13.1 Å². The number of thiophene rings is 1. The number of hydrogen-bond acceptors (Lipinski definition) is 3. The molecule has 5 heteroatoms. The first-order chi connectivity index (χ1) is 8.68. The summed E-state index contributed by atoms with van der Waals surface area (Å²) in [5, 5.41) is 11.2. The molecule has 100 valence electrons. The van der Waals surface area contributed by atoms with Crippen molar-refractivity contribution in [1.82, 2.24) is 4.90 Å². The summed E-state index contributed by atoms with van der Waals surface area (Å²) in [5.74, 6) is -0.718. The maximum absolute atomic E-state index is 11.1. The van der Waals surface area contributed by atoms with Crippen molar-refractivity contribution < 1.29 is 9.90 Å². The Hall–Kier alpha value is -0.390. The second kappa shape index (κ2) is 6.68. The zero-order valence-corrected chi connectivity index (χ0v) is 12.7. The molecule has 1 atom stereocenters. The summed E-state index contributed by atoms with van der Waals surface area (Å²) in [6.07, 6.45) is 5.08. The Balaban J connectivity index is 2.18. The summed E-state index contributed by atoms with van der Waals surface area (Å²) in [6, 6.07) is 2.03. The first-order valence-corrected chi connectivity index (χ1v) is 8.04. The minimum atomic E-state index is -0.718. The molecule has 1 aliphatic heterocycles. The third kappa shape index (κ3) is 3.56. The van der Waals surface area contributed by atoms with Crippen LogP contribution in [0, 0.1) is 0 Å². The number of halogens is 1. The van der Waals surface area contributed by atoms with Gasteiger partial charge in [0.2, 0.25) is 0 Å². The summed E-state index contributed by atoms with van der Waals surface area (Å²) in [7, 11) is 0. The summed E-state index contributed by atoms with van der Waals surface area (Å²) in [4.78, 5) is 14.6. The molecular formula is C13H18BrNO2S. The average Bonchev–Trinajstić information content (AvgIpc) is 2.60. The quantitative estimate of drug-likeness (QED) is 0.909. The van der Waals surface area contributed by atoms with Crippen LogP contribution in [0.2, 0.25) is 0 Å². The van der Waals surface area contributed by atoms with E-state index in [1.165, 1.54) is 25.7 Å². The Labute approximate surface area is 120 Å². The van der Waals surface area contributed by atoms with E-state index in [0.717, 1.165) is 22.4 Å². The lowest BCUT2D eigenvalue weighted by atomic mass is 10.1. The largest absolute Gasteiger partial charge is 0.481 e. The van der Waals surface area contributed by atoms with Crippen LogP contribution in [0.1, 0.15) is 43.0 Å². The van der Waals surface area contributed by atoms with Crippen LogP contribution in [0.3, 0.4) is 0 Å². The summed E-state index contributed by atoms with van der Waals surface area (Å²) in [5.41, 5.74) is 0. The van der Waals surface area contributed by atoms with Gasteiger partial charge in [-0.25, -0.2) is 0 Å². The fourth-order valence-electron chi connectivity index (χ4n) is 2.50. The van der Waals surface area contributed by atoms with Crippen LogP contribution in [0.25, 0.3) is 0 Å². The van der Waals surface area contributed by atoms with Gasteiger partial charge in [-0.2, -0.15) is 0 Å². The second-order valence-electron chi connectivity index (χ2n) is 4.70. The van der Waals surface area contributed by atoms with Gasteiger partial charge in [-0.05, 0) is 53.3 Å². The molecule has 0 aliphatic carbocycles. The van der Waals surface area contributed by atoms with E-state index in [9.17, 15) is 4.79 Å². The molecule has 1 unspecified atom stereocenters. The number of carboxylic acids is 1. The molecule has 2 rings (SSSR count). The molecule has 1 fully saturated rings. The van der Waals surface area contributed by atoms with Crippen molar-refractivity contribution in [3.05, 3.63) is 20.8 Å². The number of aliphatic carboxylic acids is 1. The number of hydrogen-bond donors (Lipinski definition) is 1. The Morgan fingerprint density at radius 2 is 2.06 bits per heavy atom. The topological polar surface area (TPSA) is 40.5 Å². The van der Waals surface area contributed by atoms with E-state index in [2.05, 4.69) is 20.8 Å². The minimum absolute atomic E-state index is 0.0231. The van der Waals surface area contributed by atoms with Crippen LogP contribution >= 0.6 is 27.3 Å². The van der Waals surface area contributed by atoms with Gasteiger partial charge in [-0.1, -0.05) is 12.8 Å². The lowest BCUT2D eigenvalue weighted by Crippen LogP contribution is -2.31. The molecule has 1 N–H and O–H groups in total. The number of rotatable bonds is 4. The monoisotopic (exact) mass is 331 g/mol. The minimum Gasteiger partial charge on any atom is -0.481 e. The van der Waals surface area contributed by atoms with Crippen molar-refractivity contribution in [3.8, 4) is 0 Å². The van der Waals surface area contributed by atoms with Crippen LogP contribution in [0.15, 0.2) is 15.9 Å². The average molecular weight is 332 g/mol. The molecule has 18 heavy (non-hydrogen) atoms. The number of nitrogens with zero attached hydrogens (tertiary/aromatic N) is 1. The van der Waals surface area contributed by atoms with Gasteiger partial charge in [0.05, 0.1) is 12.5 Å². The van der Waals surface area contributed by atoms with Crippen molar-refractivity contribution in [1.29, 1.82) is 0 Å². The Bertz CT molecular complexity index is 399. The highest BCUT2D eigenvalue weighted by Gasteiger charge is 2.26. The SMILES string of the molecule is O=C(O)CC(c1sccc1Br)N1CCCCCC1. The van der Waals surface area contributed by atoms with Gasteiger partial charge in [0.15, 0.2) is 0 Å². The van der Waals surface area contributed by atoms with Crippen LogP contribution < -0.4 is 0 Å². The normalized spacial score (nSPS) is 19.4. The predicted octanol–water partition coefficient (Wildman–Crippen LogP) is 3.90. The van der Waals surface area contributed by atoms with Crippen LogP contribution in [-0.4, -0.2) is 29.1 Å². The highest BCUT2D eigenvalue weighted by Crippen LogP contribution is 2.35. The number of likely N-dealkylation sites (tertiary alicyclic amines) is 1. The summed E-state index contributed by atoms with van der Waals surface area (Å²) in [6.45, 7) is 2.03. The summed E-state index contributed by atoms with van der Waals surface area (Å²) < 4.78 is 1.04. The molecule has 0 spiro atoms.